The van der Waals surface area contributed by atoms with E-state index in [4.69, 9.17) is 15.2 Å². The number of nitrogens with two attached hydrogens (primary N) is 1. The van der Waals surface area contributed by atoms with Crippen LogP contribution >= 0.6 is 0 Å². The molecule has 0 bridgehead atoms. The van der Waals surface area contributed by atoms with Crippen LogP contribution in [0.2, 0.25) is 0 Å². The first-order valence-corrected chi connectivity index (χ1v) is 11.1. The van der Waals surface area contributed by atoms with Crippen LogP contribution < -0.4 is 26.4 Å². The van der Waals surface area contributed by atoms with Gasteiger partial charge in [0.05, 0.1) is 6.61 Å². The van der Waals surface area contributed by atoms with Gasteiger partial charge in [-0.25, -0.2) is 9.78 Å². The number of hydrogen-bond acceptors (Lipinski definition) is 8. The monoisotopic (exact) mass is 464 g/mol. The second-order valence-corrected chi connectivity index (χ2v) is 8.76. The molecule has 9 nitrogen and oxygen atoms in total. The Morgan fingerprint density at radius 2 is 1.79 bits per heavy atom. The van der Waals surface area contributed by atoms with Crippen molar-refractivity contribution in [3.63, 3.8) is 0 Å². The minimum absolute atomic E-state index is 0.429. The molecule has 0 spiro atoms. The zero-order valence-corrected chi connectivity index (χ0v) is 20.0. The highest BCUT2D eigenvalue weighted by molar-refractivity contribution is 5.67. The van der Waals surface area contributed by atoms with Crippen molar-refractivity contribution in [2.24, 2.45) is 0 Å². The topological polar surface area (TPSA) is 123 Å². The Bertz CT molecular complexity index is 1110. The van der Waals surface area contributed by atoms with E-state index >= 15 is 0 Å². The van der Waals surface area contributed by atoms with Crippen molar-refractivity contribution >= 4 is 34.9 Å². The number of hydrogen-bond donors (Lipinski definition) is 4. The highest BCUT2D eigenvalue weighted by Crippen LogP contribution is 2.24. The smallest absolute Gasteiger partial charge is 0.407 e. The quantitative estimate of drug-likeness (QED) is 0.253. The minimum atomic E-state index is -0.512. The largest absolute Gasteiger partial charge is 0.493 e. The molecule has 0 atom stereocenters. The number of aromatic nitrogens is 2. The Labute approximate surface area is 200 Å². The molecule has 1 amide bonds. The molecule has 2 aromatic carbocycles. The molecule has 0 saturated heterocycles. The molecule has 9 heteroatoms. The van der Waals surface area contributed by atoms with E-state index in [2.05, 4.69) is 25.9 Å². The third-order valence-electron chi connectivity index (χ3n) is 4.47. The average Bonchev–Trinajstić information content (AvgIpc) is 2.75. The van der Waals surface area contributed by atoms with Crippen molar-refractivity contribution in [2.45, 2.75) is 39.7 Å². The van der Waals surface area contributed by atoms with Gasteiger partial charge in [0.1, 0.15) is 17.2 Å². The lowest BCUT2D eigenvalue weighted by molar-refractivity contribution is 0.0525. The van der Waals surface area contributed by atoms with E-state index in [9.17, 15) is 4.79 Å². The molecule has 5 N–H and O–H groups in total. The van der Waals surface area contributed by atoms with Crippen LogP contribution in [0.3, 0.4) is 0 Å². The molecular weight excluding hydrogens is 432 g/mol. The van der Waals surface area contributed by atoms with Crippen molar-refractivity contribution in [1.29, 1.82) is 0 Å². The summed E-state index contributed by atoms with van der Waals surface area (Å²) < 4.78 is 11.0. The first kappa shape index (κ1) is 24.6. The minimum Gasteiger partial charge on any atom is -0.493 e. The summed E-state index contributed by atoms with van der Waals surface area (Å²) in [6.07, 6.45) is 1.97. The SMILES string of the molecule is Cc1cnc(Nc2cccc(OCCCNC(=O)OC(C)(C)C)c2)nc1Nc1cccc(N)c1. The maximum atomic E-state index is 11.7. The summed E-state index contributed by atoms with van der Waals surface area (Å²) >= 11 is 0. The normalized spacial score (nSPS) is 10.9. The second-order valence-electron chi connectivity index (χ2n) is 8.76. The third-order valence-corrected chi connectivity index (χ3v) is 4.47. The lowest BCUT2D eigenvalue weighted by atomic mass is 10.2. The first-order chi connectivity index (χ1) is 16.2. The fourth-order valence-electron chi connectivity index (χ4n) is 2.94. The summed E-state index contributed by atoms with van der Waals surface area (Å²) in [5.74, 6) is 1.84. The van der Waals surface area contributed by atoms with Crippen molar-refractivity contribution in [2.75, 3.05) is 29.5 Å². The Hall–Kier alpha value is -4.01. The molecule has 3 aromatic rings. The molecular formula is C25H32N6O3. The summed E-state index contributed by atoms with van der Waals surface area (Å²) in [7, 11) is 0. The lowest BCUT2D eigenvalue weighted by Crippen LogP contribution is -2.33. The molecule has 0 aliphatic carbocycles. The first-order valence-electron chi connectivity index (χ1n) is 11.1. The van der Waals surface area contributed by atoms with Crippen LogP contribution in [0.4, 0.5) is 33.6 Å². The highest BCUT2D eigenvalue weighted by Gasteiger charge is 2.15. The number of aryl methyl sites for hydroxylation is 1. The van der Waals surface area contributed by atoms with Crippen LogP contribution in [0.15, 0.2) is 54.7 Å². The number of benzene rings is 2. The van der Waals surface area contributed by atoms with E-state index in [0.717, 1.165) is 16.9 Å². The molecule has 0 saturated carbocycles. The predicted octanol–water partition coefficient (Wildman–Crippen LogP) is 5.15. The van der Waals surface area contributed by atoms with Gasteiger partial charge in [0, 0.05) is 41.4 Å². The van der Waals surface area contributed by atoms with E-state index in [1.54, 1.807) is 6.20 Å². The molecule has 1 heterocycles. The van der Waals surface area contributed by atoms with Gasteiger partial charge in [0.25, 0.3) is 0 Å². The van der Waals surface area contributed by atoms with Gasteiger partial charge in [-0.05, 0) is 64.4 Å². The van der Waals surface area contributed by atoms with Gasteiger partial charge in [0.15, 0.2) is 0 Å². The van der Waals surface area contributed by atoms with Crippen LogP contribution in [0.5, 0.6) is 5.75 Å². The van der Waals surface area contributed by atoms with E-state index in [0.29, 0.717) is 42.8 Å². The number of rotatable bonds is 9. The van der Waals surface area contributed by atoms with Crippen molar-refractivity contribution in [1.82, 2.24) is 15.3 Å². The van der Waals surface area contributed by atoms with Gasteiger partial charge < -0.3 is 31.2 Å². The van der Waals surface area contributed by atoms with Gasteiger partial charge >= 0.3 is 6.09 Å². The molecule has 0 aliphatic rings. The third kappa shape index (κ3) is 8.16. The maximum Gasteiger partial charge on any atom is 0.407 e. The molecule has 34 heavy (non-hydrogen) atoms. The number of alkyl carbamates (subject to hydrolysis) is 1. The maximum absolute atomic E-state index is 11.7. The van der Waals surface area contributed by atoms with E-state index < -0.39 is 11.7 Å². The number of ether oxygens (including phenoxy) is 2. The standard InChI is InChI=1S/C25H32N6O3/c1-17-16-28-23(31-22(17)29-19-9-5-8-18(26)14-19)30-20-10-6-11-21(15-20)33-13-7-12-27-24(32)34-25(2,3)4/h5-6,8-11,14-16H,7,12-13,26H2,1-4H3,(H,27,32)(H2,28,29,30,31). The average molecular weight is 465 g/mol. The summed E-state index contributed by atoms with van der Waals surface area (Å²) in [6.45, 7) is 8.34. The van der Waals surface area contributed by atoms with Crippen LogP contribution in [0, 0.1) is 6.92 Å². The number of nitrogen functional groups attached to an aromatic ring is 1. The highest BCUT2D eigenvalue weighted by atomic mass is 16.6. The van der Waals surface area contributed by atoms with Crippen molar-refractivity contribution in [3.05, 3.63) is 60.3 Å². The Morgan fingerprint density at radius 1 is 1.06 bits per heavy atom. The number of amides is 1. The van der Waals surface area contributed by atoms with Crippen LogP contribution in [0.25, 0.3) is 0 Å². The Kier molecular flexibility index (Phi) is 8.13. The molecule has 3 rings (SSSR count). The molecule has 0 unspecified atom stereocenters. The van der Waals surface area contributed by atoms with Crippen LogP contribution in [0.1, 0.15) is 32.8 Å². The Morgan fingerprint density at radius 3 is 2.53 bits per heavy atom. The zero-order valence-electron chi connectivity index (χ0n) is 20.0. The molecule has 0 fully saturated rings. The number of nitrogens with zero attached hydrogens (tertiary/aromatic N) is 2. The van der Waals surface area contributed by atoms with E-state index in [1.165, 1.54) is 0 Å². The summed E-state index contributed by atoms with van der Waals surface area (Å²) in [4.78, 5) is 20.6. The summed E-state index contributed by atoms with van der Waals surface area (Å²) in [6, 6.07) is 15.0. The van der Waals surface area contributed by atoms with Crippen LogP contribution in [-0.2, 0) is 4.74 Å². The van der Waals surface area contributed by atoms with E-state index in [1.807, 2.05) is 76.2 Å². The second kappa shape index (κ2) is 11.2. The van der Waals surface area contributed by atoms with Crippen molar-refractivity contribution in [3.8, 4) is 5.75 Å². The fourth-order valence-corrected chi connectivity index (χ4v) is 2.94. The number of nitrogens with one attached hydrogen (secondary N) is 3. The van der Waals surface area contributed by atoms with Gasteiger partial charge in [-0.1, -0.05) is 12.1 Å². The molecule has 0 aliphatic heterocycles. The van der Waals surface area contributed by atoms with Gasteiger partial charge in [-0.2, -0.15) is 4.98 Å². The fraction of sp³-hybridized carbons (Fsp3) is 0.320. The Balaban J connectivity index is 1.52. The molecule has 180 valence electrons. The number of carbonyl (C=O) groups is 1. The number of anilines is 5. The van der Waals surface area contributed by atoms with Gasteiger partial charge in [0.2, 0.25) is 5.95 Å². The van der Waals surface area contributed by atoms with E-state index in [-0.39, 0.29) is 0 Å². The lowest BCUT2D eigenvalue weighted by Gasteiger charge is -2.19. The molecule has 0 radical (unpaired) electrons. The number of carbonyl (C=O) groups excluding carboxylic acids is 1. The summed E-state index contributed by atoms with van der Waals surface area (Å²) in [5.41, 5.74) is 8.58. The predicted molar refractivity (Wildman–Crippen MR) is 135 cm³/mol. The molecule has 1 aromatic heterocycles. The van der Waals surface area contributed by atoms with Crippen LogP contribution in [-0.4, -0.2) is 34.8 Å². The zero-order chi connectivity index (χ0) is 24.6. The van der Waals surface area contributed by atoms with Crippen molar-refractivity contribution < 1.29 is 14.3 Å². The summed E-state index contributed by atoms with van der Waals surface area (Å²) in [5, 5.41) is 9.20. The van der Waals surface area contributed by atoms with Gasteiger partial charge in [-0.15, -0.1) is 0 Å². The van der Waals surface area contributed by atoms with Gasteiger partial charge in [-0.3, -0.25) is 0 Å².